The Bertz CT molecular complexity index is 499. The number of anilines is 1. The third-order valence-electron chi connectivity index (χ3n) is 2.92. The van der Waals surface area contributed by atoms with Crippen LogP contribution < -0.4 is 4.90 Å². The number of hydrogen-bond acceptors (Lipinski definition) is 3. The van der Waals surface area contributed by atoms with Gasteiger partial charge in [-0.3, -0.25) is 0 Å². The van der Waals surface area contributed by atoms with Gasteiger partial charge in [-0.2, -0.15) is 8.42 Å². The van der Waals surface area contributed by atoms with Crippen molar-refractivity contribution in [3.8, 4) is 0 Å². The van der Waals surface area contributed by atoms with Crippen LogP contribution in [0.2, 0.25) is 0 Å². The summed E-state index contributed by atoms with van der Waals surface area (Å²) in [5.41, 5.74) is 1.48. The second-order valence-electron chi connectivity index (χ2n) is 3.88. The molecule has 0 aromatic heterocycles. The number of benzene rings is 1. The maximum Gasteiger partial charge on any atom is 0.334 e. The van der Waals surface area contributed by atoms with Crippen molar-refractivity contribution in [1.82, 2.24) is 0 Å². The van der Waals surface area contributed by atoms with Gasteiger partial charge in [0.05, 0.1) is 5.69 Å². The van der Waals surface area contributed by atoms with E-state index in [1.807, 2.05) is 17.9 Å². The smallest absolute Gasteiger partial charge is 0.334 e. The molecule has 1 aromatic carbocycles. The second-order valence-corrected chi connectivity index (χ2v) is 5.20. The van der Waals surface area contributed by atoms with E-state index in [2.05, 4.69) is 0 Å². The van der Waals surface area contributed by atoms with Crippen LogP contribution in [0.1, 0.15) is 18.9 Å². The van der Waals surface area contributed by atoms with Gasteiger partial charge < -0.3 is 4.90 Å². The standard InChI is InChI=1S/C11H14FNO2S/c1-2-13-8-4-6-9-5-3-7-10(11(9)13)16(12,14)15/h3,5,7H,2,4,6,8H2,1H3. The highest BCUT2D eigenvalue weighted by molar-refractivity contribution is 7.86. The molecule has 0 saturated carbocycles. The van der Waals surface area contributed by atoms with E-state index < -0.39 is 10.2 Å². The van der Waals surface area contributed by atoms with Crippen LogP contribution in [0.15, 0.2) is 23.1 Å². The highest BCUT2D eigenvalue weighted by atomic mass is 32.3. The van der Waals surface area contributed by atoms with Crippen LogP contribution in [-0.2, 0) is 16.6 Å². The van der Waals surface area contributed by atoms with Crippen LogP contribution in [0.25, 0.3) is 0 Å². The number of para-hydroxylation sites is 1. The lowest BCUT2D eigenvalue weighted by molar-refractivity contribution is 0.550. The van der Waals surface area contributed by atoms with Crippen LogP contribution in [0.4, 0.5) is 9.57 Å². The van der Waals surface area contributed by atoms with Crippen molar-refractivity contribution >= 4 is 15.9 Å². The Balaban J connectivity index is 2.64. The zero-order valence-corrected chi connectivity index (χ0v) is 9.93. The van der Waals surface area contributed by atoms with E-state index in [4.69, 9.17) is 0 Å². The predicted octanol–water partition coefficient (Wildman–Crippen LogP) is 2.12. The SMILES string of the molecule is CCN1CCCc2cccc(S(=O)(=O)F)c21. The summed E-state index contributed by atoms with van der Waals surface area (Å²) in [7, 11) is -4.63. The molecule has 0 amide bonds. The summed E-state index contributed by atoms with van der Waals surface area (Å²) in [5.74, 6) is 0. The van der Waals surface area contributed by atoms with E-state index in [-0.39, 0.29) is 4.90 Å². The minimum Gasteiger partial charge on any atom is -0.370 e. The molecular weight excluding hydrogens is 229 g/mol. The van der Waals surface area contributed by atoms with Crippen LogP contribution in [0.5, 0.6) is 0 Å². The third-order valence-corrected chi connectivity index (χ3v) is 3.77. The molecule has 1 aliphatic heterocycles. The van der Waals surface area contributed by atoms with Gasteiger partial charge in [-0.15, -0.1) is 3.89 Å². The number of aryl methyl sites for hydroxylation is 1. The normalized spacial score (nSPS) is 16.0. The molecule has 1 heterocycles. The number of nitrogens with zero attached hydrogens (tertiary/aromatic N) is 1. The van der Waals surface area contributed by atoms with E-state index >= 15 is 0 Å². The average molecular weight is 243 g/mol. The van der Waals surface area contributed by atoms with Crippen molar-refractivity contribution < 1.29 is 12.3 Å². The number of halogens is 1. The zero-order chi connectivity index (χ0) is 11.8. The molecule has 16 heavy (non-hydrogen) atoms. The first-order chi connectivity index (χ1) is 7.54. The lowest BCUT2D eigenvalue weighted by Gasteiger charge is -2.31. The summed E-state index contributed by atoms with van der Waals surface area (Å²) in [6, 6.07) is 4.80. The predicted molar refractivity (Wildman–Crippen MR) is 60.9 cm³/mol. The minimum atomic E-state index is -4.63. The van der Waals surface area contributed by atoms with Crippen molar-refractivity contribution in [2.45, 2.75) is 24.7 Å². The Kier molecular flexibility index (Phi) is 2.88. The van der Waals surface area contributed by atoms with Gasteiger partial charge in [-0.1, -0.05) is 12.1 Å². The molecule has 0 bridgehead atoms. The van der Waals surface area contributed by atoms with Crippen LogP contribution in [0.3, 0.4) is 0 Å². The first-order valence-electron chi connectivity index (χ1n) is 5.35. The maximum absolute atomic E-state index is 13.2. The monoisotopic (exact) mass is 243 g/mol. The molecule has 0 saturated heterocycles. The molecule has 0 aliphatic carbocycles. The van der Waals surface area contributed by atoms with Gasteiger partial charge in [-0.05, 0) is 31.4 Å². The number of hydrogen-bond donors (Lipinski definition) is 0. The van der Waals surface area contributed by atoms with Crippen LogP contribution in [-0.4, -0.2) is 21.5 Å². The molecule has 2 rings (SSSR count). The van der Waals surface area contributed by atoms with Crippen LogP contribution in [0, 0.1) is 0 Å². The van der Waals surface area contributed by atoms with Crippen molar-refractivity contribution in [1.29, 1.82) is 0 Å². The van der Waals surface area contributed by atoms with Crippen molar-refractivity contribution in [3.05, 3.63) is 23.8 Å². The summed E-state index contributed by atoms with van der Waals surface area (Å²) in [6.07, 6.45) is 1.80. The fraction of sp³-hybridized carbons (Fsp3) is 0.455. The van der Waals surface area contributed by atoms with E-state index in [1.54, 1.807) is 6.07 Å². The largest absolute Gasteiger partial charge is 0.370 e. The van der Waals surface area contributed by atoms with Crippen molar-refractivity contribution in [2.24, 2.45) is 0 Å². The molecule has 0 radical (unpaired) electrons. The fourth-order valence-corrected chi connectivity index (χ4v) is 2.95. The van der Waals surface area contributed by atoms with Crippen molar-refractivity contribution in [2.75, 3.05) is 18.0 Å². The van der Waals surface area contributed by atoms with Gasteiger partial charge in [0.1, 0.15) is 4.90 Å². The molecule has 0 atom stereocenters. The van der Waals surface area contributed by atoms with E-state index in [1.165, 1.54) is 6.07 Å². The molecule has 1 aliphatic rings. The summed E-state index contributed by atoms with van der Waals surface area (Å²) in [6.45, 7) is 3.42. The third kappa shape index (κ3) is 1.91. The maximum atomic E-state index is 13.2. The van der Waals surface area contributed by atoms with Crippen LogP contribution >= 0.6 is 0 Å². The Morgan fingerprint density at radius 2 is 2.19 bits per heavy atom. The lowest BCUT2D eigenvalue weighted by atomic mass is 10.0. The number of fused-ring (bicyclic) bond motifs is 1. The average Bonchev–Trinajstić information content (AvgIpc) is 2.26. The first kappa shape index (κ1) is 11.4. The summed E-state index contributed by atoms with van der Waals surface area (Å²) >= 11 is 0. The topological polar surface area (TPSA) is 37.4 Å². The zero-order valence-electron chi connectivity index (χ0n) is 9.11. The van der Waals surface area contributed by atoms with E-state index in [0.29, 0.717) is 12.2 Å². The van der Waals surface area contributed by atoms with Gasteiger partial charge in [-0.25, -0.2) is 0 Å². The quantitative estimate of drug-likeness (QED) is 0.747. The molecule has 0 unspecified atom stereocenters. The molecule has 0 fully saturated rings. The fourth-order valence-electron chi connectivity index (χ4n) is 2.21. The summed E-state index contributed by atoms with van der Waals surface area (Å²) in [5, 5.41) is 0. The summed E-state index contributed by atoms with van der Waals surface area (Å²) in [4.78, 5) is 1.73. The Morgan fingerprint density at radius 3 is 2.81 bits per heavy atom. The lowest BCUT2D eigenvalue weighted by Crippen LogP contribution is -2.30. The molecule has 88 valence electrons. The molecule has 1 aromatic rings. The summed E-state index contributed by atoms with van der Waals surface area (Å²) < 4.78 is 35.3. The molecular formula is C11H14FNO2S. The highest BCUT2D eigenvalue weighted by Crippen LogP contribution is 2.34. The van der Waals surface area contributed by atoms with Gasteiger partial charge in [0.25, 0.3) is 0 Å². The molecule has 0 N–H and O–H groups in total. The highest BCUT2D eigenvalue weighted by Gasteiger charge is 2.25. The van der Waals surface area contributed by atoms with Gasteiger partial charge >= 0.3 is 10.2 Å². The Morgan fingerprint density at radius 1 is 1.44 bits per heavy atom. The Labute approximate surface area is 95.1 Å². The van der Waals surface area contributed by atoms with Gasteiger partial charge in [0, 0.05) is 13.1 Å². The van der Waals surface area contributed by atoms with Crippen molar-refractivity contribution in [3.63, 3.8) is 0 Å². The van der Waals surface area contributed by atoms with Gasteiger partial charge in [0.15, 0.2) is 0 Å². The Hall–Kier alpha value is -1.10. The molecule has 0 spiro atoms. The van der Waals surface area contributed by atoms with E-state index in [9.17, 15) is 12.3 Å². The second kappa shape index (κ2) is 4.05. The van der Waals surface area contributed by atoms with Gasteiger partial charge in [0.2, 0.25) is 0 Å². The minimum absolute atomic E-state index is 0.188. The molecule has 3 nitrogen and oxygen atoms in total. The molecule has 5 heteroatoms. The van der Waals surface area contributed by atoms with E-state index in [0.717, 1.165) is 24.9 Å². The number of rotatable bonds is 2. The first-order valence-corrected chi connectivity index (χ1v) is 6.74.